The Bertz CT molecular complexity index is 2040. The van der Waals surface area contributed by atoms with Crippen molar-refractivity contribution in [2.24, 2.45) is 5.92 Å². The summed E-state index contributed by atoms with van der Waals surface area (Å²) >= 11 is 0. The van der Waals surface area contributed by atoms with Gasteiger partial charge in [-0.05, 0) is 124 Å². The normalized spacial score (nSPS) is 21.0. The van der Waals surface area contributed by atoms with Crippen LogP contribution in [0.5, 0.6) is 0 Å². The van der Waals surface area contributed by atoms with Crippen molar-refractivity contribution in [2.45, 2.75) is 135 Å². The van der Waals surface area contributed by atoms with Crippen LogP contribution in [0.3, 0.4) is 0 Å². The Labute approximate surface area is 360 Å². The lowest BCUT2D eigenvalue weighted by atomic mass is 9.87. The molecule has 0 aliphatic carbocycles. The molecule has 3 heterocycles. The summed E-state index contributed by atoms with van der Waals surface area (Å²) in [4.78, 5) is 71.0. The minimum atomic E-state index is -0.804. The summed E-state index contributed by atoms with van der Waals surface area (Å²) in [5.74, 6) is -0.971. The number of alkyl carbamates (subject to hydrolysis) is 1. The fourth-order valence-corrected chi connectivity index (χ4v) is 8.75. The van der Waals surface area contributed by atoms with Gasteiger partial charge in [-0.1, -0.05) is 71.0 Å². The number of nitrogens with zero attached hydrogens (tertiary/aromatic N) is 3. The first-order valence-electron chi connectivity index (χ1n) is 21.7. The molecule has 0 radical (unpaired) electrons. The molecule has 3 aromatic rings. The van der Waals surface area contributed by atoms with Crippen molar-refractivity contribution in [2.75, 3.05) is 35.7 Å². The molecule has 0 bridgehead atoms. The van der Waals surface area contributed by atoms with Crippen LogP contribution in [0.15, 0.2) is 72.8 Å². The molecule has 0 unspecified atom stereocenters. The maximum atomic E-state index is 13.6. The highest BCUT2D eigenvalue weighted by Crippen LogP contribution is 2.47. The summed E-state index contributed by atoms with van der Waals surface area (Å²) in [6, 6.07) is 22.9. The number of nitrogens with one attached hydrogen (secondary N) is 3. The number of carbonyl (C=O) groups excluding carboxylic acids is 5. The van der Waals surface area contributed by atoms with Crippen molar-refractivity contribution in [1.29, 1.82) is 0 Å². The van der Waals surface area contributed by atoms with Gasteiger partial charge in [0.05, 0.1) is 19.2 Å². The van der Waals surface area contributed by atoms with E-state index in [9.17, 15) is 24.0 Å². The molecule has 3 saturated heterocycles. The minimum Gasteiger partial charge on any atom is -0.453 e. The van der Waals surface area contributed by atoms with Gasteiger partial charge in [0.25, 0.3) is 0 Å². The van der Waals surface area contributed by atoms with Crippen molar-refractivity contribution in [3.05, 3.63) is 89.5 Å². The lowest BCUT2D eigenvalue weighted by molar-refractivity contribution is -0.139. The number of hydrogen-bond acceptors (Lipinski definition) is 8. The summed E-state index contributed by atoms with van der Waals surface area (Å²) in [6.07, 6.45) is 3.18. The van der Waals surface area contributed by atoms with E-state index >= 15 is 0 Å². The van der Waals surface area contributed by atoms with Crippen molar-refractivity contribution >= 4 is 47.0 Å². The summed E-state index contributed by atoms with van der Waals surface area (Å²) in [7, 11) is 1.26. The zero-order valence-corrected chi connectivity index (χ0v) is 37.2. The molecule has 0 spiro atoms. The van der Waals surface area contributed by atoms with Gasteiger partial charge in [0, 0.05) is 30.2 Å². The van der Waals surface area contributed by atoms with E-state index in [1.54, 1.807) is 4.90 Å². The molecular weight excluding hydrogens is 773 g/mol. The largest absolute Gasteiger partial charge is 0.453 e. The van der Waals surface area contributed by atoms with Crippen LogP contribution in [-0.2, 0) is 29.3 Å². The molecule has 0 saturated carbocycles. The third-order valence-corrected chi connectivity index (χ3v) is 12.0. The van der Waals surface area contributed by atoms with Crippen LogP contribution < -0.4 is 20.9 Å². The Morgan fingerprint density at radius 3 is 1.57 bits per heavy atom. The molecule has 3 aliphatic rings. The molecule has 328 valence electrons. The van der Waals surface area contributed by atoms with E-state index in [4.69, 9.17) is 9.47 Å². The maximum Gasteiger partial charge on any atom is 0.410 e. The Morgan fingerprint density at radius 2 is 1.13 bits per heavy atom. The Kier molecular flexibility index (Phi) is 13.7. The molecule has 61 heavy (non-hydrogen) atoms. The van der Waals surface area contributed by atoms with Gasteiger partial charge in [0.15, 0.2) is 0 Å². The standard InChI is InChI=1S/C48H64N6O7/c1-30(2)41(51-45(58)60-9)44(57)52-28-10-12-39(52)42(55)49-34-20-14-31(15-21-34)37-26-27-38(54(37)36-24-18-33(19-25-36)47(3,4)5)32-16-22-35(23-17-32)50-43(56)40-13-11-29-53(40)46(59)61-48(6,7)8/h14-25,30,37-41H,10-13,26-29H2,1-9H3,(H,49,55)(H,50,56)(H,51,58)/t37-,38-,39-,40-,41-/m0/s1. The van der Waals surface area contributed by atoms with Crippen molar-refractivity contribution < 1.29 is 33.4 Å². The molecule has 13 nitrogen and oxygen atoms in total. The molecule has 6 rings (SSSR count). The zero-order valence-electron chi connectivity index (χ0n) is 37.2. The first-order chi connectivity index (χ1) is 28.8. The average Bonchev–Trinajstić information content (AvgIpc) is 4.00. The SMILES string of the molecule is COC(=O)N[C@H](C(=O)N1CCC[C@H]1C(=O)Nc1ccc([C@@H]2CC[C@@H](c3ccc(NC(=O)[C@@H]4CCCN4C(=O)OC(C)(C)C)cc3)N2c2ccc(C(C)(C)C)cc2)cc1)C(C)C. The van der Waals surface area contributed by atoms with Crippen LogP contribution in [0.1, 0.15) is 123 Å². The highest BCUT2D eigenvalue weighted by molar-refractivity contribution is 5.99. The van der Waals surface area contributed by atoms with Crippen molar-refractivity contribution in [1.82, 2.24) is 15.1 Å². The fourth-order valence-electron chi connectivity index (χ4n) is 8.75. The number of likely N-dealkylation sites (tertiary alicyclic amines) is 2. The van der Waals surface area contributed by atoms with Gasteiger partial charge < -0.3 is 35.2 Å². The molecule has 3 N–H and O–H groups in total. The van der Waals surface area contributed by atoms with Gasteiger partial charge in [-0.2, -0.15) is 0 Å². The number of anilines is 3. The van der Waals surface area contributed by atoms with Crippen LogP contribution in [-0.4, -0.2) is 83.6 Å². The maximum absolute atomic E-state index is 13.6. The summed E-state index contributed by atoms with van der Waals surface area (Å²) in [5.41, 5.74) is 5.25. The minimum absolute atomic E-state index is 0.00417. The molecule has 3 aliphatic heterocycles. The number of methoxy groups -OCH3 is 1. The van der Waals surface area contributed by atoms with Crippen LogP contribution >= 0.6 is 0 Å². The highest BCUT2D eigenvalue weighted by atomic mass is 16.6. The van der Waals surface area contributed by atoms with E-state index in [1.807, 2.05) is 58.9 Å². The van der Waals surface area contributed by atoms with Gasteiger partial charge in [-0.3, -0.25) is 19.3 Å². The number of benzene rings is 3. The third kappa shape index (κ3) is 10.7. The first kappa shape index (κ1) is 44.9. The van der Waals surface area contributed by atoms with Crippen molar-refractivity contribution in [3.63, 3.8) is 0 Å². The number of ether oxygens (including phenoxy) is 2. The molecule has 5 atom stereocenters. The second-order valence-corrected chi connectivity index (χ2v) is 18.9. The molecule has 5 amide bonds. The second kappa shape index (κ2) is 18.6. The van der Waals surface area contributed by atoms with E-state index in [1.165, 1.54) is 17.6 Å². The van der Waals surface area contributed by atoms with Gasteiger partial charge in [0.2, 0.25) is 17.7 Å². The highest BCUT2D eigenvalue weighted by Gasteiger charge is 2.40. The zero-order chi connectivity index (χ0) is 44.2. The van der Waals surface area contributed by atoms with E-state index in [2.05, 4.69) is 90.2 Å². The molecule has 3 fully saturated rings. The number of carbonyl (C=O) groups is 5. The Morgan fingerprint density at radius 1 is 0.656 bits per heavy atom. The molecule has 3 aromatic carbocycles. The van der Waals surface area contributed by atoms with Gasteiger partial charge in [0.1, 0.15) is 23.7 Å². The van der Waals surface area contributed by atoms with Gasteiger partial charge >= 0.3 is 12.2 Å². The third-order valence-electron chi connectivity index (χ3n) is 12.0. The predicted octanol–water partition coefficient (Wildman–Crippen LogP) is 8.72. The number of hydrogen-bond donors (Lipinski definition) is 3. The summed E-state index contributed by atoms with van der Waals surface area (Å²) < 4.78 is 10.3. The van der Waals surface area contributed by atoms with Crippen LogP contribution in [0.2, 0.25) is 0 Å². The van der Waals surface area contributed by atoms with E-state index in [-0.39, 0.29) is 41.1 Å². The van der Waals surface area contributed by atoms with Crippen LogP contribution in [0.4, 0.5) is 26.7 Å². The lowest BCUT2D eigenvalue weighted by Gasteiger charge is -2.34. The summed E-state index contributed by atoms with van der Waals surface area (Å²) in [5, 5.41) is 8.72. The predicted molar refractivity (Wildman–Crippen MR) is 237 cm³/mol. The van der Waals surface area contributed by atoms with Crippen molar-refractivity contribution in [3.8, 4) is 0 Å². The first-order valence-corrected chi connectivity index (χ1v) is 21.7. The quantitative estimate of drug-likeness (QED) is 0.184. The van der Waals surface area contributed by atoms with Gasteiger partial charge in [-0.25, -0.2) is 9.59 Å². The smallest absolute Gasteiger partial charge is 0.410 e. The van der Waals surface area contributed by atoms with Crippen LogP contribution in [0.25, 0.3) is 0 Å². The molecular formula is C48H64N6O7. The molecule has 0 aromatic heterocycles. The second-order valence-electron chi connectivity index (χ2n) is 18.9. The number of rotatable bonds is 10. The topological polar surface area (TPSA) is 150 Å². The van der Waals surface area contributed by atoms with Gasteiger partial charge in [-0.15, -0.1) is 0 Å². The fraction of sp³-hybridized carbons (Fsp3) is 0.521. The van der Waals surface area contributed by atoms with E-state index in [0.717, 1.165) is 36.1 Å². The van der Waals surface area contributed by atoms with E-state index < -0.39 is 35.9 Å². The summed E-state index contributed by atoms with van der Waals surface area (Å²) in [6.45, 7) is 16.7. The average molecular weight is 837 g/mol. The number of amides is 5. The Balaban J connectivity index is 1.17. The molecule has 13 heteroatoms. The lowest BCUT2D eigenvalue weighted by Crippen LogP contribution is -2.54. The monoisotopic (exact) mass is 836 g/mol. The Hall–Kier alpha value is -5.59. The van der Waals surface area contributed by atoms with Crippen LogP contribution in [0, 0.1) is 5.92 Å². The van der Waals surface area contributed by atoms with E-state index in [0.29, 0.717) is 43.7 Å².